The molecule has 0 saturated heterocycles. The quantitative estimate of drug-likeness (QED) is 0.0547. The fourth-order valence-corrected chi connectivity index (χ4v) is 7.74. The van der Waals surface area contributed by atoms with E-state index in [2.05, 4.69) is 342 Å². The highest BCUT2D eigenvalue weighted by Gasteiger charge is 2.17. The van der Waals surface area contributed by atoms with Crippen LogP contribution in [-0.4, -0.2) is 19.8 Å². The van der Waals surface area contributed by atoms with E-state index in [4.69, 9.17) is 21.4 Å². The molecule has 0 fully saturated rings. The summed E-state index contributed by atoms with van der Waals surface area (Å²) in [6.07, 6.45) is 5.10. The van der Waals surface area contributed by atoms with Crippen molar-refractivity contribution in [2.24, 2.45) is 5.11 Å². The second-order valence-corrected chi connectivity index (χ2v) is 29.4. The summed E-state index contributed by atoms with van der Waals surface area (Å²) in [5.41, 5.74) is 26.1. The van der Waals surface area contributed by atoms with Crippen LogP contribution < -0.4 is 9.47 Å². The third-order valence-corrected chi connectivity index (χ3v) is 13.9. The number of nitrogens with zero attached hydrogens (tertiary/aromatic N) is 3. The molecule has 0 amide bonds. The molecule has 0 radical (unpaired) electrons. The van der Waals surface area contributed by atoms with Crippen molar-refractivity contribution < 1.29 is 9.47 Å². The number of terminal acetylenes is 1. The van der Waals surface area contributed by atoms with Crippen molar-refractivity contribution in [3.63, 3.8) is 0 Å². The van der Waals surface area contributed by atoms with Crippen LogP contribution >= 0.6 is 0 Å². The molecule has 5 nitrogen and oxygen atoms in total. The Bertz CT molecular complexity index is 2690. The Labute approximate surface area is 520 Å². The second-order valence-electron chi connectivity index (χ2n) is 29.4. The molecule has 460 valence electrons. The fraction of sp³-hybridized carbons (Fsp3) is 0.450. The lowest BCUT2D eigenvalue weighted by molar-refractivity contribution is 0.328. The third kappa shape index (κ3) is 32.8. The predicted octanol–water partition coefficient (Wildman–Crippen LogP) is 23.1. The Hall–Kier alpha value is -6.99. The minimum Gasteiger partial charge on any atom is -0.493 e. The van der Waals surface area contributed by atoms with Gasteiger partial charge >= 0.3 is 0 Å². The average Bonchev–Trinajstić information content (AvgIpc) is 3.52. The van der Waals surface area contributed by atoms with E-state index in [1.165, 1.54) is 66.8 Å². The molecule has 5 heteroatoms. The van der Waals surface area contributed by atoms with Gasteiger partial charge in [-0.2, -0.15) is 0 Å². The van der Waals surface area contributed by atoms with E-state index in [1.54, 1.807) is 0 Å². The highest BCUT2D eigenvalue weighted by Crippen LogP contribution is 2.28. The largest absolute Gasteiger partial charge is 0.493 e. The van der Waals surface area contributed by atoms with Gasteiger partial charge in [0.1, 0.15) is 18.1 Å². The van der Waals surface area contributed by atoms with Crippen LogP contribution in [0.2, 0.25) is 0 Å². The molecule has 7 aromatic carbocycles. The Morgan fingerprint density at radius 2 is 0.494 bits per heavy atom. The summed E-state index contributed by atoms with van der Waals surface area (Å²) in [6, 6.07) is 59.8. The zero-order valence-electron chi connectivity index (χ0n) is 58.0. The predicted molar refractivity (Wildman–Crippen MR) is 374 cm³/mol. The lowest BCUT2D eigenvalue weighted by Gasteiger charge is -2.19. The summed E-state index contributed by atoms with van der Waals surface area (Å²) in [4.78, 5) is 2.66. The molecule has 0 heterocycles. The van der Waals surface area contributed by atoms with Crippen LogP contribution in [-0.2, 0) is 37.9 Å². The van der Waals surface area contributed by atoms with Crippen LogP contribution in [0.3, 0.4) is 0 Å². The topological polar surface area (TPSA) is 67.2 Å². The molecule has 7 rings (SSSR count). The summed E-state index contributed by atoms with van der Waals surface area (Å²) >= 11 is 0. The number of hydrogen-bond donors (Lipinski definition) is 0. The summed E-state index contributed by atoms with van der Waals surface area (Å²) in [5, 5.41) is 3.40. The standard InChI is InChI=1S/C13H16O.C12H17N3O.5C11H16/c1-5-10-14-12-8-6-11(7-9-12)13(2,3)4;1-12(2,3)10-4-6-11(7-5-10)16-9-8-14-15-13;5*1-9-5-7-10(8-6-9)11(2,3)4/h1,6-9H,10H2,2-4H3;4-7H,8-9H2,1-3H3;5*5-8H,1-4H3. The first-order valence-corrected chi connectivity index (χ1v) is 30.3. The zero-order valence-corrected chi connectivity index (χ0v) is 58.0. The van der Waals surface area contributed by atoms with Crippen LogP contribution in [0.1, 0.15) is 212 Å². The van der Waals surface area contributed by atoms with E-state index in [1.807, 2.05) is 24.3 Å². The van der Waals surface area contributed by atoms with Gasteiger partial charge in [-0.15, -0.1) is 6.42 Å². The van der Waals surface area contributed by atoms with Gasteiger partial charge in [0.25, 0.3) is 0 Å². The van der Waals surface area contributed by atoms with Crippen LogP contribution in [0, 0.1) is 47.0 Å². The van der Waals surface area contributed by atoms with Gasteiger partial charge in [-0.3, -0.25) is 0 Å². The number of aryl methyl sites for hydroxylation is 5. The van der Waals surface area contributed by atoms with Gasteiger partial charge in [0, 0.05) is 4.91 Å². The molecule has 0 unspecified atom stereocenters. The highest BCUT2D eigenvalue weighted by molar-refractivity contribution is 5.34. The van der Waals surface area contributed by atoms with Crippen molar-refractivity contribution >= 4 is 0 Å². The SMILES string of the molecule is C#CCOc1ccc(C(C)(C)C)cc1.CC(C)(C)c1ccc(OCCN=[N+]=[N-])cc1.Cc1ccc(C(C)(C)C)cc1.Cc1ccc(C(C)(C)C)cc1.Cc1ccc(C(C)(C)C)cc1.Cc1ccc(C(C)(C)C)cc1.Cc1ccc(C(C)(C)C)cc1. The minimum atomic E-state index is 0.156. The van der Waals surface area contributed by atoms with E-state index in [0.717, 1.165) is 11.5 Å². The maximum atomic E-state index is 8.09. The monoisotopic (exact) mass is 1150 g/mol. The molecule has 0 atom stereocenters. The van der Waals surface area contributed by atoms with Gasteiger partial charge in [0.05, 0.1) is 13.2 Å². The Kier molecular flexibility index (Phi) is 31.2. The molecule has 0 spiro atoms. The van der Waals surface area contributed by atoms with E-state index >= 15 is 0 Å². The zero-order chi connectivity index (χ0) is 65.0. The minimum absolute atomic E-state index is 0.156. The fourth-order valence-electron chi connectivity index (χ4n) is 7.74. The Balaban J connectivity index is 0.000000498. The van der Waals surface area contributed by atoms with E-state index in [9.17, 15) is 0 Å². The van der Waals surface area contributed by atoms with Gasteiger partial charge < -0.3 is 9.47 Å². The normalized spacial score (nSPS) is 11.3. The highest BCUT2D eigenvalue weighted by atomic mass is 16.5. The first-order chi connectivity index (χ1) is 39.1. The molecule has 7 aromatic rings. The van der Waals surface area contributed by atoms with Gasteiger partial charge in [-0.25, -0.2) is 0 Å². The molecule has 0 N–H and O–H groups in total. The number of benzene rings is 7. The molecule has 85 heavy (non-hydrogen) atoms. The molecule has 0 saturated carbocycles. The number of ether oxygens (including phenoxy) is 2. The van der Waals surface area contributed by atoms with E-state index in [0.29, 0.717) is 19.8 Å². The van der Waals surface area contributed by atoms with Gasteiger partial charge in [-0.1, -0.05) is 330 Å². The molecule has 0 aromatic heterocycles. The summed E-state index contributed by atoms with van der Waals surface area (Å²) in [5.74, 6) is 4.08. The van der Waals surface area contributed by atoms with Gasteiger partial charge in [0.15, 0.2) is 0 Å². The first-order valence-electron chi connectivity index (χ1n) is 30.3. The number of azide groups is 1. The van der Waals surface area contributed by atoms with Crippen molar-refractivity contribution in [1.82, 2.24) is 0 Å². The maximum absolute atomic E-state index is 8.09. The van der Waals surface area contributed by atoms with Crippen LogP contribution in [0.25, 0.3) is 10.4 Å². The van der Waals surface area contributed by atoms with E-state index < -0.39 is 0 Å². The van der Waals surface area contributed by atoms with Gasteiger partial charge in [-0.05, 0) is 141 Å². The van der Waals surface area contributed by atoms with Gasteiger partial charge in [0.2, 0.25) is 0 Å². The van der Waals surface area contributed by atoms with Crippen LogP contribution in [0.4, 0.5) is 0 Å². The third-order valence-electron chi connectivity index (χ3n) is 13.9. The first kappa shape index (κ1) is 76.0. The van der Waals surface area contributed by atoms with Crippen LogP contribution in [0.5, 0.6) is 11.5 Å². The summed E-state index contributed by atoms with van der Waals surface area (Å²) in [6.45, 7) is 58.3. The molecule has 0 aliphatic carbocycles. The Morgan fingerprint density at radius 3 is 0.659 bits per heavy atom. The molecule has 0 aliphatic rings. The van der Waals surface area contributed by atoms with Crippen molar-refractivity contribution in [3.8, 4) is 23.8 Å². The lowest BCUT2D eigenvalue weighted by atomic mass is 9.87. The van der Waals surface area contributed by atoms with Crippen molar-refractivity contribution in [2.45, 2.75) is 218 Å². The van der Waals surface area contributed by atoms with Crippen molar-refractivity contribution in [1.29, 1.82) is 0 Å². The Morgan fingerprint density at radius 1 is 0.318 bits per heavy atom. The molecule has 0 aliphatic heterocycles. The molecular weight excluding hydrogens is 1030 g/mol. The maximum Gasteiger partial charge on any atom is 0.148 e. The molecular formula is C80H113N3O2. The second kappa shape index (κ2) is 34.8. The van der Waals surface area contributed by atoms with E-state index in [-0.39, 0.29) is 37.9 Å². The lowest BCUT2D eigenvalue weighted by Crippen LogP contribution is -2.10. The smallest absolute Gasteiger partial charge is 0.148 e. The molecule has 0 bridgehead atoms. The number of hydrogen-bond acceptors (Lipinski definition) is 3. The van der Waals surface area contributed by atoms with Crippen LogP contribution in [0.15, 0.2) is 175 Å². The number of rotatable bonds is 6. The average molecular weight is 1150 g/mol. The summed E-state index contributed by atoms with van der Waals surface area (Å²) in [7, 11) is 0. The summed E-state index contributed by atoms with van der Waals surface area (Å²) < 4.78 is 10.7. The van der Waals surface area contributed by atoms with Crippen molar-refractivity contribution in [2.75, 3.05) is 19.8 Å². The van der Waals surface area contributed by atoms with Crippen molar-refractivity contribution in [3.05, 3.63) is 247 Å².